The second kappa shape index (κ2) is 7.15. The van der Waals surface area contributed by atoms with Crippen LogP contribution in [0.2, 0.25) is 0 Å². The number of hydrogen-bond donors (Lipinski definition) is 1. The summed E-state index contributed by atoms with van der Waals surface area (Å²) in [6.07, 6.45) is 2.46. The quantitative estimate of drug-likeness (QED) is 0.751. The molecule has 0 saturated carbocycles. The van der Waals surface area contributed by atoms with Gasteiger partial charge in [-0.25, -0.2) is 19.6 Å². The highest BCUT2D eigenvalue weighted by Crippen LogP contribution is 2.39. The molecule has 1 N–H and O–H groups in total. The topological polar surface area (TPSA) is 87.7 Å². The highest BCUT2D eigenvalue weighted by molar-refractivity contribution is 9.10. The van der Waals surface area contributed by atoms with Gasteiger partial charge in [-0.15, -0.1) is 0 Å². The normalized spacial score (nSPS) is 17.5. The molecule has 2 amide bonds. The Morgan fingerprint density at radius 2 is 2.19 bits per heavy atom. The van der Waals surface area contributed by atoms with Gasteiger partial charge in [0.2, 0.25) is 0 Å². The predicted octanol–water partition coefficient (Wildman–Crippen LogP) is 3.05. The Hall–Kier alpha value is -2.68. The maximum atomic E-state index is 13.0. The molecule has 1 unspecified atom stereocenters. The maximum Gasteiger partial charge on any atom is 0.357 e. The fourth-order valence-electron chi connectivity index (χ4n) is 3.41. The van der Waals surface area contributed by atoms with Crippen LogP contribution in [0.15, 0.2) is 34.9 Å². The first kappa shape index (κ1) is 17.7. The van der Waals surface area contributed by atoms with Gasteiger partial charge >= 0.3 is 12.0 Å². The maximum absolute atomic E-state index is 13.0. The third-order valence-corrected chi connectivity index (χ3v) is 5.09. The van der Waals surface area contributed by atoms with E-state index in [1.165, 1.54) is 0 Å². The zero-order valence-electron chi connectivity index (χ0n) is 14.7. The fourth-order valence-corrected chi connectivity index (χ4v) is 3.64. The molecule has 4 rings (SSSR count). The number of urea groups is 1. The number of esters is 1. The lowest BCUT2D eigenvalue weighted by molar-refractivity contribution is 0.0519. The number of pyridine rings is 2. The van der Waals surface area contributed by atoms with Crippen LogP contribution < -0.4 is 15.1 Å². The summed E-state index contributed by atoms with van der Waals surface area (Å²) >= 11 is 3.33. The van der Waals surface area contributed by atoms with Gasteiger partial charge in [-0.1, -0.05) is 0 Å². The Bertz CT molecular complexity index is 889. The smallest absolute Gasteiger partial charge is 0.357 e. The van der Waals surface area contributed by atoms with Crippen molar-refractivity contribution in [3.05, 3.63) is 40.6 Å². The Balaban J connectivity index is 1.66. The first-order valence-corrected chi connectivity index (χ1v) is 9.51. The summed E-state index contributed by atoms with van der Waals surface area (Å²) in [5, 5.41) is 2.82. The van der Waals surface area contributed by atoms with E-state index in [0.29, 0.717) is 11.6 Å². The number of ether oxygens (including phenoxy) is 1. The van der Waals surface area contributed by atoms with Crippen molar-refractivity contribution >= 4 is 45.3 Å². The number of hydrogen-bond acceptors (Lipinski definition) is 6. The first-order chi connectivity index (χ1) is 13.1. The number of rotatable bonds is 3. The SMILES string of the molecule is CCOC(=O)c1ccc2c(n1)N(C(=O)Nc1ccc(Br)cn1)C1CCN2C1. The van der Waals surface area contributed by atoms with E-state index < -0.39 is 5.97 Å². The average molecular weight is 432 g/mol. The monoisotopic (exact) mass is 431 g/mol. The van der Waals surface area contributed by atoms with Crippen molar-refractivity contribution in [2.45, 2.75) is 19.4 Å². The van der Waals surface area contributed by atoms with Gasteiger partial charge in [0.15, 0.2) is 11.5 Å². The summed E-state index contributed by atoms with van der Waals surface area (Å²) in [7, 11) is 0. The van der Waals surface area contributed by atoms with Crippen LogP contribution in [0.25, 0.3) is 0 Å². The second-order valence-corrected chi connectivity index (χ2v) is 7.23. The zero-order valence-corrected chi connectivity index (χ0v) is 16.3. The highest BCUT2D eigenvalue weighted by Gasteiger charge is 2.40. The lowest BCUT2D eigenvalue weighted by atomic mass is 10.2. The van der Waals surface area contributed by atoms with Crippen molar-refractivity contribution in [1.82, 2.24) is 9.97 Å². The number of fused-ring (bicyclic) bond motifs is 4. The van der Waals surface area contributed by atoms with Crippen LogP contribution in [0, 0.1) is 0 Å². The van der Waals surface area contributed by atoms with E-state index in [4.69, 9.17) is 4.74 Å². The molecule has 0 aliphatic carbocycles. The molecule has 2 bridgehead atoms. The van der Waals surface area contributed by atoms with Crippen LogP contribution in [-0.4, -0.2) is 47.7 Å². The largest absolute Gasteiger partial charge is 0.461 e. The molecule has 1 fully saturated rings. The number of halogens is 1. The lowest BCUT2D eigenvalue weighted by Gasteiger charge is -2.35. The zero-order chi connectivity index (χ0) is 19.0. The van der Waals surface area contributed by atoms with Crippen LogP contribution in [0.1, 0.15) is 23.8 Å². The molecule has 4 heterocycles. The number of nitrogens with zero attached hydrogens (tertiary/aromatic N) is 4. The van der Waals surface area contributed by atoms with E-state index in [0.717, 1.165) is 29.7 Å². The van der Waals surface area contributed by atoms with Gasteiger partial charge in [0.05, 0.1) is 18.3 Å². The number of carbonyl (C=O) groups is 2. The summed E-state index contributed by atoms with van der Waals surface area (Å²) in [4.78, 5) is 37.5. The summed E-state index contributed by atoms with van der Waals surface area (Å²) < 4.78 is 5.87. The third kappa shape index (κ3) is 3.34. The van der Waals surface area contributed by atoms with Crippen molar-refractivity contribution < 1.29 is 14.3 Å². The van der Waals surface area contributed by atoms with Gasteiger partial charge in [-0.05, 0) is 53.5 Å². The second-order valence-electron chi connectivity index (χ2n) is 6.31. The Labute approximate surface area is 164 Å². The van der Waals surface area contributed by atoms with Crippen molar-refractivity contribution in [1.29, 1.82) is 0 Å². The van der Waals surface area contributed by atoms with Crippen LogP contribution >= 0.6 is 15.9 Å². The van der Waals surface area contributed by atoms with E-state index in [9.17, 15) is 9.59 Å². The van der Waals surface area contributed by atoms with E-state index in [1.807, 2.05) is 6.07 Å². The minimum atomic E-state index is -0.497. The van der Waals surface area contributed by atoms with E-state index in [2.05, 4.69) is 36.1 Å². The lowest BCUT2D eigenvalue weighted by Crippen LogP contribution is -2.48. The molecule has 8 nitrogen and oxygen atoms in total. The van der Waals surface area contributed by atoms with Crippen molar-refractivity contribution in [2.24, 2.45) is 0 Å². The molecule has 0 radical (unpaired) electrons. The summed E-state index contributed by atoms with van der Waals surface area (Å²) in [5.74, 6) is 0.429. The predicted molar refractivity (Wildman–Crippen MR) is 104 cm³/mol. The van der Waals surface area contributed by atoms with Crippen LogP contribution in [0.3, 0.4) is 0 Å². The molecule has 1 saturated heterocycles. The Kier molecular flexibility index (Phi) is 4.69. The number of carbonyl (C=O) groups excluding carboxylic acids is 2. The molecular formula is C18H18BrN5O3. The Morgan fingerprint density at radius 1 is 1.33 bits per heavy atom. The van der Waals surface area contributed by atoms with Gasteiger partial charge in [-0.3, -0.25) is 10.2 Å². The number of amides is 2. The molecular weight excluding hydrogens is 414 g/mol. The van der Waals surface area contributed by atoms with Crippen LogP contribution in [-0.2, 0) is 4.74 Å². The molecule has 2 aromatic heterocycles. The molecule has 9 heteroatoms. The van der Waals surface area contributed by atoms with Crippen molar-refractivity contribution in [3.8, 4) is 0 Å². The number of anilines is 3. The fraction of sp³-hybridized carbons (Fsp3) is 0.333. The van der Waals surface area contributed by atoms with Gasteiger partial charge < -0.3 is 9.64 Å². The average Bonchev–Trinajstić information content (AvgIpc) is 3.08. The molecule has 2 aliphatic heterocycles. The van der Waals surface area contributed by atoms with Gasteiger partial charge in [0, 0.05) is 23.8 Å². The minimum Gasteiger partial charge on any atom is -0.461 e. The van der Waals surface area contributed by atoms with Gasteiger partial charge in [0.1, 0.15) is 5.82 Å². The summed E-state index contributed by atoms with van der Waals surface area (Å²) in [6.45, 7) is 3.60. The summed E-state index contributed by atoms with van der Waals surface area (Å²) in [5.41, 5.74) is 1.04. The van der Waals surface area contributed by atoms with Gasteiger partial charge in [0.25, 0.3) is 0 Å². The summed E-state index contributed by atoms with van der Waals surface area (Å²) in [6, 6.07) is 6.68. The molecule has 2 aliphatic rings. The molecule has 27 heavy (non-hydrogen) atoms. The molecule has 2 aromatic rings. The van der Waals surface area contributed by atoms with Crippen molar-refractivity contribution in [3.63, 3.8) is 0 Å². The van der Waals surface area contributed by atoms with Crippen LogP contribution in [0.5, 0.6) is 0 Å². The standard InChI is InChI=1S/C18H18BrN5O3/c1-2-27-17(25)13-4-5-14-16(21-13)24(12-7-8-23(14)10-12)18(26)22-15-6-3-11(19)9-20-15/h3-6,9,12H,2,7-8,10H2,1H3,(H,20,22,26). The highest BCUT2D eigenvalue weighted by atomic mass is 79.9. The van der Waals surface area contributed by atoms with E-state index in [-0.39, 0.29) is 24.4 Å². The van der Waals surface area contributed by atoms with E-state index >= 15 is 0 Å². The number of aromatic nitrogens is 2. The molecule has 0 aromatic carbocycles. The molecule has 140 valence electrons. The van der Waals surface area contributed by atoms with Crippen molar-refractivity contribution in [2.75, 3.05) is 34.8 Å². The Morgan fingerprint density at radius 3 is 2.93 bits per heavy atom. The third-order valence-electron chi connectivity index (χ3n) is 4.62. The molecule has 1 atom stereocenters. The van der Waals surface area contributed by atoms with Crippen LogP contribution in [0.4, 0.5) is 22.1 Å². The first-order valence-electron chi connectivity index (χ1n) is 8.71. The number of nitrogens with one attached hydrogen (secondary N) is 1. The molecule has 0 spiro atoms. The van der Waals surface area contributed by atoms with Gasteiger partial charge in [-0.2, -0.15) is 0 Å². The minimum absolute atomic E-state index is 0.00195. The van der Waals surface area contributed by atoms with E-state index in [1.54, 1.807) is 36.2 Å².